The fourth-order valence-corrected chi connectivity index (χ4v) is 2.56. The van der Waals surface area contributed by atoms with Crippen LogP contribution in [0.3, 0.4) is 0 Å². The summed E-state index contributed by atoms with van der Waals surface area (Å²) in [4.78, 5) is 0. The maximum absolute atomic E-state index is 5.58. The Morgan fingerprint density at radius 3 is 2.42 bits per heavy atom. The van der Waals surface area contributed by atoms with E-state index in [1.165, 1.54) is 11.1 Å². The summed E-state index contributed by atoms with van der Waals surface area (Å²) in [6.45, 7) is 10.7. The van der Waals surface area contributed by atoms with Crippen LogP contribution in [0.1, 0.15) is 45.2 Å². The summed E-state index contributed by atoms with van der Waals surface area (Å²) < 4.78 is 5.58. The minimum atomic E-state index is 0.243. The van der Waals surface area contributed by atoms with Crippen LogP contribution in [-0.4, -0.2) is 25.3 Å². The van der Waals surface area contributed by atoms with Crippen molar-refractivity contribution in [3.8, 4) is 0 Å². The molecule has 1 fully saturated rings. The van der Waals surface area contributed by atoms with Gasteiger partial charge < -0.3 is 10.1 Å². The minimum absolute atomic E-state index is 0.243. The highest BCUT2D eigenvalue weighted by atomic mass is 16.5. The van der Waals surface area contributed by atoms with Crippen molar-refractivity contribution in [1.29, 1.82) is 0 Å². The fraction of sp³-hybridized carbons (Fsp3) is 0.647. The monoisotopic (exact) mass is 261 g/mol. The molecular weight excluding hydrogens is 234 g/mol. The third kappa shape index (κ3) is 4.32. The maximum Gasteiger partial charge on any atom is 0.0620 e. The van der Waals surface area contributed by atoms with E-state index in [0.717, 1.165) is 26.1 Å². The van der Waals surface area contributed by atoms with Crippen molar-refractivity contribution >= 4 is 0 Å². The molecule has 1 aromatic rings. The molecule has 2 rings (SSSR count). The van der Waals surface area contributed by atoms with Gasteiger partial charge in [0.2, 0.25) is 0 Å². The lowest BCUT2D eigenvalue weighted by Crippen LogP contribution is -2.47. The molecule has 1 aromatic carbocycles. The molecule has 106 valence electrons. The summed E-state index contributed by atoms with van der Waals surface area (Å²) in [5, 5.41) is 3.60. The second-order valence-electron chi connectivity index (χ2n) is 6.79. The van der Waals surface area contributed by atoms with Gasteiger partial charge in [0.1, 0.15) is 0 Å². The maximum atomic E-state index is 5.58. The Balaban J connectivity index is 1.86. The molecule has 1 saturated heterocycles. The van der Waals surface area contributed by atoms with Crippen molar-refractivity contribution in [2.24, 2.45) is 0 Å². The third-order valence-corrected chi connectivity index (χ3v) is 3.81. The average molecular weight is 261 g/mol. The van der Waals surface area contributed by atoms with Crippen LogP contribution < -0.4 is 5.32 Å². The van der Waals surface area contributed by atoms with E-state index in [1.54, 1.807) is 0 Å². The van der Waals surface area contributed by atoms with Gasteiger partial charge in [-0.3, -0.25) is 0 Å². The lowest BCUT2D eigenvalue weighted by Gasteiger charge is -2.29. The quantitative estimate of drug-likeness (QED) is 0.901. The summed E-state index contributed by atoms with van der Waals surface area (Å²) in [6, 6.07) is 10.1. The number of hydrogen-bond acceptors (Lipinski definition) is 2. The molecule has 0 saturated carbocycles. The van der Waals surface area contributed by atoms with E-state index in [1.807, 2.05) is 0 Å². The molecule has 2 nitrogen and oxygen atoms in total. The number of morpholine rings is 1. The van der Waals surface area contributed by atoms with Crippen LogP contribution in [0, 0.1) is 0 Å². The largest absolute Gasteiger partial charge is 0.378 e. The first kappa shape index (κ1) is 14.5. The molecule has 1 aliphatic heterocycles. The second-order valence-corrected chi connectivity index (χ2v) is 6.79. The lowest BCUT2D eigenvalue weighted by molar-refractivity contribution is 0.0483. The zero-order valence-corrected chi connectivity index (χ0v) is 12.7. The highest BCUT2D eigenvalue weighted by Crippen LogP contribution is 2.22. The van der Waals surface area contributed by atoms with E-state index in [0.29, 0.717) is 12.1 Å². The van der Waals surface area contributed by atoms with Crippen molar-refractivity contribution < 1.29 is 4.74 Å². The third-order valence-electron chi connectivity index (χ3n) is 3.81. The normalized spacial score (nSPS) is 24.4. The predicted octanol–water partition coefficient (Wildman–Crippen LogP) is 3.29. The molecule has 0 spiro atoms. The van der Waals surface area contributed by atoms with Crippen molar-refractivity contribution in [3.05, 3.63) is 35.4 Å². The van der Waals surface area contributed by atoms with Crippen molar-refractivity contribution in [2.75, 3.05) is 13.2 Å². The number of nitrogens with one attached hydrogen (secondary N) is 1. The average Bonchev–Trinajstić information content (AvgIpc) is 2.36. The first-order valence-electron chi connectivity index (χ1n) is 7.38. The van der Waals surface area contributed by atoms with Crippen molar-refractivity contribution in [3.63, 3.8) is 0 Å². The molecule has 1 N–H and O–H groups in total. The number of hydrogen-bond donors (Lipinski definition) is 1. The summed E-state index contributed by atoms with van der Waals surface area (Å²) in [6.07, 6.45) is 2.28. The van der Waals surface area contributed by atoms with Gasteiger partial charge in [0, 0.05) is 12.1 Å². The van der Waals surface area contributed by atoms with Gasteiger partial charge in [-0.25, -0.2) is 0 Å². The molecule has 1 aliphatic rings. The molecular formula is C17H27NO. The number of ether oxygens (including phenoxy) is 1. The van der Waals surface area contributed by atoms with Crippen LogP contribution in [0.2, 0.25) is 0 Å². The summed E-state index contributed by atoms with van der Waals surface area (Å²) >= 11 is 0. The zero-order valence-electron chi connectivity index (χ0n) is 12.7. The number of aryl methyl sites for hydroxylation is 1. The molecule has 19 heavy (non-hydrogen) atoms. The van der Waals surface area contributed by atoms with Crippen LogP contribution in [0.4, 0.5) is 0 Å². The topological polar surface area (TPSA) is 21.3 Å². The zero-order chi connectivity index (χ0) is 13.9. The van der Waals surface area contributed by atoms with Crippen LogP contribution in [0.25, 0.3) is 0 Å². The first-order valence-corrected chi connectivity index (χ1v) is 7.38. The molecule has 0 radical (unpaired) electrons. The Bertz CT molecular complexity index is 391. The summed E-state index contributed by atoms with van der Waals surface area (Å²) in [5.41, 5.74) is 3.07. The Morgan fingerprint density at radius 2 is 1.84 bits per heavy atom. The molecule has 2 heteroatoms. The van der Waals surface area contributed by atoms with E-state index in [2.05, 4.69) is 57.3 Å². The smallest absolute Gasteiger partial charge is 0.0620 e. The van der Waals surface area contributed by atoms with Gasteiger partial charge in [0.25, 0.3) is 0 Å². The minimum Gasteiger partial charge on any atom is -0.378 e. The Kier molecular flexibility index (Phi) is 4.64. The van der Waals surface area contributed by atoms with Crippen molar-refractivity contribution in [1.82, 2.24) is 5.32 Å². The summed E-state index contributed by atoms with van der Waals surface area (Å²) in [5.74, 6) is 0. The molecule has 2 atom stereocenters. The van der Waals surface area contributed by atoms with Gasteiger partial charge in [-0.2, -0.15) is 0 Å². The van der Waals surface area contributed by atoms with Crippen LogP contribution in [-0.2, 0) is 16.6 Å². The van der Waals surface area contributed by atoms with E-state index < -0.39 is 0 Å². The van der Waals surface area contributed by atoms with E-state index in [-0.39, 0.29) is 5.41 Å². The molecule has 0 amide bonds. The summed E-state index contributed by atoms with van der Waals surface area (Å²) in [7, 11) is 0. The SMILES string of the molecule is CC1COCC(CCc2ccc(C(C)(C)C)cc2)N1. The van der Waals surface area contributed by atoms with E-state index in [4.69, 9.17) is 4.74 Å². The Labute approximate surface area is 117 Å². The molecule has 0 bridgehead atoms. The van der Waals surface area contributed by atoms with Crippen LogP contribution in [0.15, 0.2) is 24.3 Å². The van der Waals surface area contributed by atoms with E-state index in [9.17, 15) is 0 Å². The molecule has 1 heterocycles. The van der Waals surface area contributed by atoms with Crippen LogP contribution in [0.5, 0.6) is 0 Å². The van der Waals surface area contributed by atoms with Gasteiger partial charge in [0.15, 0.2) is 0 Å². The van der Waals surface area contributed by atoms with Crippen LogP contribution >= 0.6 is 0 Å². The lowest BCUT2D eigenvalue weighted by atomic mass is 9.86. The Morgan fingerprint density at radius 1 is 1.16 bits per heavy atom. The predicted molar refractivity (Wildman–Crippen MR) is 80.7 cm³/mol. The molecule has 0 aromatic heterocycles. The van der Waals surface area contributed by atoms with Gasteiger partial charge in [-0.05, 0) is 36.3 Å². The number of rotatable bonds is 3. The van der Waals surface area contributed by atoms with Gasteiger partial charge in [-0.1, -0.05) is 45.0 Å². The Hall–Kier alpha value is -0.860. The van der Waals surface area contributed by atoms with Gasteiger partial charge in [0.05, 0.1) is 13.2 Å². The molecule has 2 unspecified atom stereocenters. The molecule has 0 aliphatic carbocycles. The van der Waals surface area contributed by atoms with Gasteiger partial charge >= 0.3 is 0 Å². The van der Waals surface area contributed by atoms with E-state index >= 15 is 0 Å². The van der Waals surface area contributed by atoms with Crippen molar-refractivity contribution in [2.45, 2.75) is 58.0 Å². The standard InChI is InChI=1S/C17H27NO/c1-13-11-19-12-16(18-13)10-7-14-5-8-15(9-6-14)17(2,3)4/h5-6,8-9,13,16,18H,7,10-12H2,1-4H3. The highest BCUT2D eigenvalue weighted by Gasteiger charge is 2.18. The highest BCUT2D eigenvalue weighted by molar-refractivity contribution is 5.27. The first-order chi connectivity index (χ1) is 8.95. The van der Waals surface area contributed by atoms with Gasteiger partial charge in [-0.15, -0.1) is 0 Å². The fourth-order valence-electron chi connectivity index (χ4n) is 2.56. The number of benzene rings is 1. The second kappa shape index (κ2) is 6.06.